The van der Waals surface area contributed by atoms with E-state index in [1.165, 1.54) is 6.92 Å². The third kappa shape index (κ3) is 2.17. The molecular formula is C7H13NO4. The topological polar surface area (TPSA) is 81.8 Å². The highest BCUT2D eigenvalue weighted by Gasteiger charge is 2.35. The predicted octanol–water partition coefficient (Wildman–Crippen LogP) is -1.02. The molecule has 0 bridgehead atoms. The number of rotatable bonds is 2. The summed E-state index contributed by atoms with van der Waals surface area (Å²) in [5, 5.41) is 9.18. The fourth-order valence-corrected chi connectivity index (χ4v) is 1.19. The molecule has 1 saturated heterocycles. The highest BCUT2D eigenvalue weighted by molar-refractivity contribution is 5.66. The first-order chi connectivity index (χ1) is 5.63. The summed E-state index contributed by atoms with van der Waals surface area (Å²) in [6.07, 6.45) is -1.32. The van der Waals surface area contributed by atoms with Gasteiger partial charge in [-0.3, -0.25) is 4.79 Å². The molecule has 3 unspecified atom stereocenters. The van der Waals surface area contributed by atoms with Crippen LogP contribution in [0.4, 0.5) is 0 Å². The molecule has 0 saturated carbocycles. The minimum absolute atomic E-state index is 0.204. The van der Waals surface area contributed by atoms with Crippen LogP contribution in [0.2, 0.25) is 0 Å². The molecule has 0 aromatic heterocycles. The van der Waals surface area contributed by atoms with Crippen LogP contribution in [-0.4, -0.2) is 36.1 Å². The van der Waals surface area contributed by atoms with E-state index in [9.17, 15) is 9.90 Å². The van der Waals surface area contributed by atoms with Crippen molar-refractivity contribution in [2.75, 3.05) is 6.54 Å². The van der Waals surface area contributed by atoms with Crippen LogP contribution in [0.1, 0.15) is 13.3 Å². The van der Waals surface area contributed by atoms with Crippen molar-refractivity contribution in [3.63, 3.8) is 0 Å². The van der Waals surface area contributed by atoms with Gasteiger partial charge in [-0.1, -0.05) is 0 Å². The smallest absolute Gasteiger partial charge is 0.303 e. The first-order valence-electron chi connectivity index (χ1n) is 3.84. The molecule has 1 rings (SSSR count). The molecule has 1 heterocycles. The van der Waals surface area contributed by atoms with Gasteiger partial charge < -0.3 is 20.3 Å². The Kier molecular flexibility index (Phi) is 3.02. The van der Waals surface area contributed by atoms with E-state index in [-0.39, 0.29) is 6.10 Å². The molecule has 12 heavy (non-hydrogen) atoms. The van der Waals surface area contributed by atoms with Gasteiger partial charge in [-0.05, 0) is 0 Å². The molecule has 0 radical (unpaired) electrons. The van der Waals surface area contributed by atoms with Gasteiger partial charge in [-0.15, -0.1) is 0 Å². The van der Waals surface area contributed by atoms with Crippen molar-refractivity contribution >= 4 is 5.97 Å². The molecule has 3 N–H and O–H groups in total. The molecule has 0 amide bonds. The SMILES string of the molecule is CC(=O)OC1CC(CN)OC1O. The van der Waals surface area contributed by atoms with Crippen LogP contribution in [0.5, 0.6) is 0 Å². The second kappa shape index (κ2) is 3.84. The van der Waals surface area contributed by atoms with Gasteiger partial charge in [0.05, 0.1) is 6.10 Å². The van der Waals surface area contributed by atoms with E-state index in [1.54, 1.807) is 0 Å². The van der Waals surface area contributed by atoms with Gasteiger partial charge in [-0.2, -0.15) is 0 Å². The quantitative estimate of drug-likeness (QED) is 0.525. The summed E-state index contributed by atoms with van der Waals surface area (Å²) in [6, 6.07) is 0. The van der Waals surface area contributed by atoms with E-state index in [0.717, 1.165) is 0 Å². The van der Waals surface area contributed by atoms with E-state index in [4.69, 9.17) is 15.2 Å². The lowest BCUT2D eigenvalue weighted by Gasteiger charge is -2.11. The average Bonchev–Trinajstić information content (AvgIpc) is 2.31. The number of esters is 1. The van der Waals surface area contributed by atoms with Crippen molar-refractivity contribution in [1.29, 1.82) is 0 Å². The Hall–Kier alpha value is -0.650. The fourth-order valence-electron chi connectivity index (χ4n) is 1.19. The standard InChI is InChI=1S/C7H13NO4/c1-4(9)11-6-2-5(3-8)12-7(6)10/h5-7,10H,2-3,8H2,1H3. The maximum absolute atomic E-state index is 10.5. The van der Waals surface area contributed by atoms with Crippen LogP contribution in [0, 0.1) is 0 Å². The Morgan fingerprint density at radius 3 is 2.92 bits per heavy atom. The second-order valence-electron chi connectivity index (χ2n) is 2.77. The van der Waals surface area contributed by atoms with Crippen LogP contribution in [0.3, 0.4) is 0 Å². The van der Waals surface area contributed by atoms with E-state index < -0.39 is 18.4 Å². The number of hydrogen-bond acceptors (Lipinski definition) is 5. The van der Waals surface area contributed by atoms with Crippen LogP contribution < -0.4 is 5.73 Å². The van der Waals surface area contributed by atoms with E-state index in [2.05, 4.69) is 0 Å². The predicted molar refractivity (Wildman–Crippen MR) is 40.1 cm³/mol. The maximum Gasteiger partial charge on any atom is 0.303 e. The molecule has 1 fully saturated rings. The average molecular weight is 175 g/mol. The highest BCUT2D eigenvalue weighted by Crippen LogP contribution is 2.20. The summed E-state index contributed by atoms with van der Waals surface area (Å²) < 4.78 is 9.76. The Morgan fingerprint density at radius 2 is 2.50 bits per heavy atom. The Bertz CT molecular complexity index is 173. The van der Waals surface area contributed by atoms with Crippen LogP contribution in [0.15, 0.2) is 0 Å². The van der Waals surface area contributed by atoms with Crippen LogP contribution >= 0.6 is 0 Å². The first kappa shape index (κ1) is 9.44. The van der Waals surface area contributed by atoms with E-state index >= 15 is 0 Å². The van der Waals surface area contributed by atoms with Gasteiger partial charge in [0.25, 0.3) is 0 Å². The van der Waals surface area contributed by atoms with Crippen LogP contribution in [-0.2, 0) is 14.3 Å². The zero-order valence-electron chi connectivity index (χ0n) is 6.90. The number of carbonyl (C=O) groups excluding carboxylic acids is 1. The normalized spacial score (nSPS) is 35.1. The molecule has 3 atom stereocenters. The zero-order chi connectivity index (χ0) is 9.14. The largest absolute Gasteiger partial charge is 0.457 e. The number of aliphatic hydroxyl groups is 1. The minimum atomic E-state index is -1.03. The monoisotopic (exact) mass is 175 g/mol. The lowest BCUT2D eigenvalue weighted by Crippen LogP contribution is -2.25. The molecule has 0 aromatic rings. The third-order valence-corrected chi connectivity index (χ3v) is 1.73. The van der Waals surface area contributed by atoms with Crippen molar-refractivity contribution < 1.29 is 19.4 Å². The lowest BCUT2D eigenvalue weighted by molar-refractivity contribution is -0.167. The molecular weight excluding hydrogens is 162 g/mol. The van der Waals surface area contributed by atoms with Gasteiger partial charge in [0.15, 0.2) is 12.4 Å². The van der Waals surface area contributed by atoms with Gasteiger partial charge in [0.2, 0.25) is 0 Å². The molecule has 70 valence electrons. The number of carbonyl (C=O) groups is 1. The van der Waals surface area contributed by atoms with Gasteiger partial charge in [0, 0.05) is 19.9 Å². The van der Waals surface area contributed by atoms with Crippen molar-refractivity contribution in [2.24, 2.45) is 5.73 Å². The number of aliphatic hydroxyl groups excluding tert-OH is 1. The van der Waals surface area contributed by atoms with Crippen LogP contribution in [0.25, 0.3) is 0 Å². The summed E-state index contributed by atoms with van der Waals surface area (Å²) in [7, 11) is 0. The van der Waals surface area contributed by atoms with Gasteiger partial charge in [-0.25, -0.2) is 0 Å². The molecule has 1 aliphatic rings. The lowest BCUT2D eigenvalue weighted by atomic mass is 10.2. The molecule has 1 aliphatic heterocycles. The third-order valence-electron chi connectivity index (χ3n) is 1.73. The highest BCUT2D eigenvalue weighted by atomic mass is 16.7. The van der Waals surface area contributed by atoms with Crippen molar-refractivity contribution in [3.05, 3.63) is 0 Å². The first-order valence-corrected chi connectivity index (χ1v) is 3.84. The summed E-state index contributed by atoms with van der Waals surface area (Å²) in [5.74, 6) is -0.416. The van der Waals surface area contributed by atoms with Crippen molar-refractivity contribution in [2.45, 2.75) is 31.8 Å². The number of nitrogens with two attached hydrogens (primary N) is 1. The molecule has 0 aliphatic carbocycles. The van der Waals surface area contributed by atoms with Gasteiger partial charge >= 0.3 is 5.97 Å². The molecule has 5 nitrogen and oxygen atoms in total. The number of ether oxygens (including phenoxy) is 2. The van der Waals surface area contributed by atoms with E-state index in [0.29, 0.717) is 13.0 Å². The molecule has 0 spiro atoms. The maximum atomic E-state index is 10.5. The second-order valence-corrected chi connectivity index (χ2v) is 2.77. The Morgan fingerprint density at radius 1 is 1.83 bits per heavy atom. The number of hydrogen-bond donors (Lipinski definition) is 2. The zero-order valence-corrected chi connectivity index (χ0v) is 6.90. The van der Waals surface area contributed by atoms with Gasteiger partial charge in [0.1, 0.15) is 0 Å². The van der Waals surface area contributed by atoms with E-state index in [1.807, 2.05) is 0 Å². The molecule has 5 heteroatoms. The summed E-state index contributed by atoms with van der Waals surface area (Å²) >= 11 is 0. The Labute approximate surface area is 70.4 Å². The molecule has 0 aromatic carbocycles. The van der Waals surface area contributed by atoms with Crippen molar-refractivity contribution in [1.82, 2.24) is 0 Å². The Balaban J connectivity index is 2.40. The summed E-state index contributed by atoms with van der Waals surface area (Å²) in [4.78, 5) is 10.5. The summed E-state index contributed by atoms with van der Waals surface area (Å²) in [6.45, 7) is 1.62. The minimum Gasteiger partial charge on any atom is -0.457 e. The van der Waals surface area contributed by atoms with Crippen molar-refractivity contribution in [3.8, 4) is 0 Å². The fraction of sp³-hybridized carbons (Fsp3) is 0.857. The summed E-state index contributed by atoms with van der Waals surface area (Å²) in [5.41, 5.74) is 5.31.